The van der Waals surface area contributed by atoms with Gasteiger partial charge in [-0.1, -0.05) is 19.6 Å². The SMILES string of the molecule is C=c1c(-c2nc3c(N4CCCCC4)nccc3[nH]2)n[nH]/c1=C/C=C(\C)c1cncc(CC)c1. The number of anilines is 1. The summed E-state index contributed by atoms with van der Waals surface area (Å²) in [4.78, 5) is 19.6. The zero-order valence-corrected chi connectivity index (χ0v) is 19.2. The smallest absolute Gasteiger partial charge is 0.159 e. The zero-order chi connectivity index (χ0) is 22.8. The predicted molar refractivity (Wildman–Crippen MR) is 134 cm³/mol. The van der Waals surface area contributed by atoms with Crippen LogP contribution in [0.4, 0.5) is 5.82 Å². The zero-order valence-electron chi connectivity index (χ0n) is 19.2. The highest BCUT2D eigenvalue weighted by Gasteiger charge is 2.18. The Bertz CT molecular complexity index is 1420. The molecule has 5 heterocycles. The summed E-state index contributed by atoms with van der Waals surface area (Å²) in [7, 11) is 0. The number of nitrogens with one attached hydrogen (secondary N) is 2. The van der Waals surface area contributed by atoms with Gasteiger partial charge in [0.1, 0.15) is 11.2 Å². The molecule has 1 saturated heterocycles. The number of hydrogen-bond donors (Lipinski definition) is 2. The maximum atomic E-state index is 4.87. The van der Waals surface area contributed by atoms with Gasteiger partial charge >= 0.3 is 0 Å². The first-order valence-electron chi connectivity index (χ1n) is 11.6. The molecule has 0 saturated carbocycles. The Balaban J connectivity index is 1.48. The Kier molecular flexibility index (Phi) is 5.77. The van der Waals surface area contributed by atoms with E-state index in [9.17, 15) is 0 Å². The van der Waals surface area contributed by atoms with Crippen LogP contribution in [0.1, 0.15) is 44.2 Å². The lowest BCUT2D eigenvalue weighted by Crippen LogP contribution is -2.30. The lowest BCUT2D eigenvalue weighted by atomic mass is 10.1. The molecule has 0 unspecified atom stereocenters. The van der Waals surface area contributed by atoms with E-state index in [2.05, 4.69) is 62.6 Å². The summed E-state index contributed by atoms with van der Waals surface area (Å²) in [6.07, 6.45) is 14.4. The normalized spacial score (nSPS) is 15.5. The number of fused-ring (bicyclic) bond motifs is 1. The largest absolute Gasteiger partial charge is 0.355 e. The lowest BCUT2D eigenvalue weighted by molar-refractivity contribution is 0.574. The first-order chi connectivity index (χ1) is 16.1. The first-order valence-corrected chi connectivity index (χ1v) is 11.6. The highest BCUT2D eigenvalue weighted by molar-refractivity contribution is 5.88. The van der Waals surface area contributed by atoms with Crippen molar-refractivity contribution in [2.24, 2.45) is 0 Å². The fraction of sp³-hybridized carbons (Fsp3) is 0.308. The molecule has 0 amide bonds. The minimum Gasteiger partial charge on any atom is -0.355 e. The summed E-state index contributed by atoms with van der Waals surface area (Å²) in [6.45, 7) is 10.5. The minimum atomic E-state index is 0.706. The maximum Gasteiger partial charge on any atom is 0.159 e. The van der Waals surface area contributed by atoms with Gasteiger partial charge in [0.25, 0.3) is 0 Å². The number of hydrogen-bond acceptors (Lipinski definition) is 5. The molecule has 33 heavy (non-hydrogen) atoms. The molecule has 7 heteroatoms. The van der Waals surface area contributed by atoms with E-state index in [1.165, 1.54) is 24.8 Å². The second kappa shape index (κ2) is 9.02. The number of piperidine rings is 1. The fourth-order valence-electron chi connectivity index (χ4n) is 4.28. The minimum absolute atomic E-state index is 0.706. The lowest BCUT2D eigenvalue weighted by Gasteiger charge is -2.27. The highest BCUT2D eigenvalue weighted by atomic mass is 15.2. The van der Waals surface area contributed by atoms with Crippen LogP contribution in [0.2, 0.25) is 0 Å². The van der Waals surface area contributed by atoms with Crippen LogP contribution in [0.25, 0.3) is 40.8 Å². The molecule has 1 aliphatic rings. The summed E-state index contributed by atoms with van der Waals surface area (Å²) in [6, 6.07) is 4.14. The molecule has 0 atom stereocenters. The van der Waals surface area contributed by atoms with Crippen LogP contribution in [0, 0.1) is 0 Å². The summed E-state index contributed by atoms with van der Waals surface area (Å²) < 4.78 is 0. The van der Waals surface area contributed by atoms with Crippen molar-refractivity contribution in [2.75, 3.05) is 18.0 Å². The van der Waals surface area contributed by atoms with E-state index < -0.39 is 0 Å². The molecule has 0 spiro atoms. The topological polar surface area (TPSA) is 86.4 Å². The van der Waals surface area contributed by atoms with Crippen molar-refractivity contribution in [1.29, 1.82) is 0 Å². The molecule has 0 radical (unpaired) electrons. The summed E-state index contributed by atoms with van der Waals surface area (Å²) in [5, 5.41) is 9.29. The first kappa shape index (κ1) is 21.1. The van der Waals surface area contributed by atoms with Crippen molar-refractivity contribution >= 4 is 35.1 Å². The standard InChI is InChI=1S/C26H29N7/c1-4-19-14-20(16-27-15-19)17(2)8-9-21-18(3)23(32-31-21)25-29-22-10-11-28-26(24(22)30-25)33-12-6-5-7-13-33/h8-11,14-16,31H,3-7,12-13H2,1-2H3,(H,29,30)/b17-8+,21-9+. The molecular weight excluding hydrogens is 410 g/mol. The van der Waals surface area contributed by atoms with Gasteiger partial charge < -0.3 is 9.88 Å². The second-order valence-corrected chi connectivity index (χ2v) is 8.58. The number of nitrogens with zero attached hydrogens (tertiary/aromatic N) is 5. The van der Waals surface area contributed by atoms with Gasteiger partial charge in [-0.05, 0) is 67.5 Å². The molecule has 4 aromatic heterocycles. The van der Waals surface area contributed by atoms with Crippen molar-refractivity contribution in [3.63, 3.8) is 0 Å². The number of pyridine rings is 2. The molecule has 7 nitrogen and oxygen atoms in total. The molecule has 0 aliphatic carbocycles. The third-order valence-corrected chi connectivity index (χ3v) is 6.32. The van der Waals surface area contributed by atoms with Crippen LogP contribution in [-0.2, 0) is 6.42 Å². The molecule has 1 fully saturated rings. The van der Waals surface area contributed by atoms with Crippen LogP contribution in [0.15, 0.2) is 36.8 Å². The van der Waals surface area contributed by atoms with E-state index in [4.69, 9.17) is 4.98 Å². The molecular formula is C26H29N7. The molecule has 1 aliphatic heterocycles. The molecule has 0 aromatic carbocycles. The Morgan fingerprint density at radius 1 is 1.21 bits per heavy atom. The van der Waals surface area contributed by atoms with Gasteiger partial charge in [0.15, 0.2) is 11.6 Å². The summed E-state index contributed by atoms with van der Waals surface area (Å²) >= 11 is 0. The van der Waals surface area contributed by atoms with Crippen molar-refractivity contribution in [2.45, 2.75) is 39.5 Å². The van der Waals surface area contributed by atoms with Crippen molar-refractivity contribution in [3.8, 4) is 11.5 Å². The van der Waals surface area contributed by atoms with Crippen LogP contribution >= 0.6 is 0 Å². The number of aromatic nitrogens is 6. The third kappa shape index (κ3) is 4.18. The maximum absolute atomic E-state index is 4.87. The van der Waals surface area contributed by atoms with Gasteiger partial charge in [0.2, 0.25) is 0 Å². The van der Waals surface area contributed by atoms with Crippen molar-refractivity contribution in [1.82, 2.24) is 30.1 Å². The fourth-order valence-corrected chi connectivity index (χ4v) is 4.28. The average molecular weight is 440 g/mol. The van der Waals surface area contributed by atoms with E-state index >= 15 is 0 Å². The van der Waals surface area contributed by atoms with Gasteiger partial charge in [0.05, 0.1) is 10.9 Å². The van der Waals surface area contributed by atoms with Crippen molar-refractivity contribution < 1.29 is 0 Å². The van der Waals surface area contributed by atoms with Gasteiger partial charge in [-0.2, -0.15) is 5.10 Å². The van der Waals surface area contributed by atoms with Gasteiger partial charge in [-0.25, -0.2) is 9.97 Å². The van der Waals surface area contributed by atoms with Crippen LogP contribution in [0.3, 0.4) is 0 Å². The monoisotopic (exact) mass is 439 g/mol. The van der Waals surface area contributed by atoms with Crippen LogP contribution < -0.4 is 15.5 Å². The second-order valence-electron chi connectivity index (χ2n) is 8.58. The van der Waals surface area contributed by atoms with E-state index in [1.54, 1.807) is 0 Å². The Morgan fingerprint density at radius 2 is 2.06 bits per heavy atom. The highest BCUT2D eigenvalue weighted by Crippen LogP contribution is 2.26. The molecule has 168 valence electrons. The Morgan fingerprint density at radius 3 is 2.88 bits per heavy atom. The summed E-state index contributed by atoms with van der Waals surface area (Å²) in [5.74, 6) is 1.65. The number of rotatable bonds is 5. The third-order valence-electron chi connectivity index (χ3n) is 6.32. The van der Waals surface area contributed by atoms with E-state index in [1.807, 2.05) is 30.7 Å². The summed E-state index contributed by atoms with van der Waals surface area (Å²) in [5.41, 5.74) is 6.06. The van der Waals surface area contributed by atoms with Crippen molar-refractivity contribution in [3.05, 3.63) is 58.5 Å². The number of allylic oxidation sites excluding steroid dienone is 2. The molecule has 4 aromatic rings. The number of aromatic amines is 2. The number of H-pyrrole nitrogens is 2. The number of aryl methyl sites for hydroxylation is 1. The van der Waals surface area contributed by atoms with Gasteiger partial charge in [-0.15, -0.1) is 0 Å². The molecule has 5 rings (SSSR count). The Hall–Kier alpha value is -3.74. The van der Waals surface area contributed by atoms with E-state index in [0.717, 1.165) is 63.8 Å². The van der Waals surface area contributed by atoms with Crippen LogP contribution in [-0.4, -0.2) is 43.2 Å². The average Bonchev–Trinajstić information content (AvgIpc) is 3.46. The van der Waals surface area contributed by atoms with Gasteiger partial charge in [0, 0.05) is 36.9 Å². The predicted octanol–water partition coefficient (Wildman–Crippen LogP) is 3.59. The number of imidazole rings is 1. The van der Waals surface area contributed by atoms with Gasteiger partial charge in [-0.3, -0.25) is 10.1 Å². The molecule has 0 bridgehead atoms. The Labute approximate surface area is 193 Å². The quantitative estimate of drug-likeness (QED) is 0.496. The van der Waals surface area contributed by atoms with E-state index in [-0.39, 0.29) is 0 Å². The molecule has 2 N–H and O–H groups in total. The van der Waals surface area contributed by atoms with E-state index in [0.29, 0.717) is 5.82 Å². The van der Waals surface area contributed by atoms with Crippen LogP contribution in [0.5, 0.6) is 0 Å².